The van der Waals surface area contributed by atoms with Gasteiger partial charge in [-0.25, -0.2) is 0 Å². The molecule has 0 aliphatic heterocycles. The van der Waals surface area contributed by atoms with E-state index in [-0.39, 0.29) is 5.54 Å². The Balaban J connectivity index is 1.94. The molecule has 0 aromatic heterocycles. The fourth-order valence-corrected chi connectivity index (χ4v) is 2.60. The zero-order chi connectivity index (χ0) is 13.7. The van der Waals surface area contributed by atoms with Crippen molar-refractivity contribution in [1.29, 1.82) is 5.26 Å². The Labute approximate surface area is 115 Å². The summed E-state index contributed by atoms with van der Waals surface area (Å²) in [5.74, 6) is 1.62. The molecule has 0 bridgehead atoms. The molecular formula is C16H22N2O. The van der Waals surface area contributed by atoms with E-state index in [0.29, 0.717) is 0 Å². The highest BCUT2D eigenvalue weighted by Crippen LogP contribution is 2.31. The maximum absolute atomic E-state index is 9.46. The van der Waals surface area contributed by atoms with Crippen molar-refractivity contribution in [3.8, 4) is 11.8 Å². The largest absolute Gasteiger partial charge is 0.497 e. The highest BCUT2D eigenvalue weighted by atomic mass is 16.5. The Kier molecular flexibility index (Phi) is 4.44. The smallest absolute Gasteiger partial charge is 0.118 e. The molecule has 19 heavy (non-hydrogen) atoms. The molecule has 0 unspecified atom stereocenters. The van der Waals surface area contributed by atoms with Gasteiger partial charge in [-0.1, -0.05) is 19.1 Å². The summed E-state index contributed by atoms with van der Waals surface area (Å²) in [6.07, 6.45) is 4.20. The SMILES string of the molecule is COc1ccc(CNC2(C#N)CCC(C)CC2)cc1. The van der Waals surface area contributed by atoms with Crippen LogP contribution in [-0.2, 0) is 6.54 Å². The minimum atomic E-state index is -0.327. The van der Waals surface area contributed by atoms with Crippen molar-refractivity contribution in [3.05, 3.63) is 29.8 Å². The predicted molar refractivity (Wildman–Crippen MR) is 75.8 cm³/mol. The van der Waals surface area contributed by atoms with Crippen LogP contribution in [0.3, 0.4) is 0 Å². The molecular weight excluding hydrogens is 236 g/mol. The molecule has 102 valence electrons. The molecule has 0 saturated heterocycles. The molecule has 1 saturated carbocycles. The van der Waals surface area contributed by atoms with Gasteiger partial charge in [-0.15, -0.1) is 0 Å². The summed E-state index contributed by atoms with van der Waals surface area (Å²) in [6, 6.07) is 10.5. The van der Waals surface area contributed by atoms with Crippen LogP contribution in [-0.4, -0.2) is 12.6 Å². The number of nitrogens with zero attached hydrogens (tertiary/aromatic N) is 1. The van der Waals surface area contributed by atoms with Crippen LogP contribution in [0.15, 0.2) is 24.3 Å². The maximum atomic E-state index is 9.46. The van der Waals surface area contributed by atoms with Crippen LogP contribution in [0.2, 0.25) is 0 Å². The summed E-state index contributed by atoms with van der Waals surface area (Å²) in [5, 5.41) is 12.9. The van der Waals surface area contributed by atoms with Gasteiger partial charge in [0.15, 0.2) is 0 Å². The van der Waals surface area contributed by atoms with E-state index in [1.54, 1.807) is 7.11 Å². The molecule has 1 fully saturated rings. The van der Waals surface area contributed by atoms with Gasteiger partial charge in [0.2, 0.25) is 0 Å². The number of hydrogen-bond acceptors (Lipinski definition) is 3. The van der Waals surface area contributed by atoms with Crippen LogP contribution < -0.4 is 10.1 Å². The number of benzene rings is 1. The Hall–Kier alpha value is -1.53. The Morgan fingerprint density at radius 2 is 1.95 bits per heavy atom. The lowest BCUT2D eigenvalue weighted by molar-refractivity contribution is 0.248. The average Bonchev–Trinajstić information content (AvgIpc) is 2.48. The van der Waals surface area contributed by atoms with Crippen molar-refractivity contribution in [2.45, 2.75) is 44.7 Å². The monoisotopic (exact) mass is 258 g/mol. The van der Waals surface area contributed by atoms with Crippen molar-refractivity contribution in [2.24, 2.45) is 5.92 Å². The highest BCUT2D eigenvalue weighted by Gasteiger charge is 2.33. The topological polar surface area (TPSA) is 45.0 Å². The summed E-state index contributed by atoms with van der Waals surface area (Å²) in [6.45, 7) is 3.01. The van der Waals surface area contributed by atoms with Crippen molar-refractivity contribution in [1.82, 2.24) is 5.32 Å². The summed E-state index contributed by atoms with van der Waals surface area (Å²) >= 11 is 0. The van der Waals surface area contributed by atoms with E-state index in [0.717, 1.165) is 43.9 Å². The van der Waals surface area contributed by atoms with Crippen LogP contribution in [0, 0.1) is 17.2 Å². The molecule has 1 aromatic rings. The van der Waals surface area contributed by atoms with E-state index in [2.05, 4.69) is 18.3 Å². The molecule has 0 radical (unpaired) electrons. The van der Waals surface area contributed by atoms with Crippen LogP contribution in [0.1, 0.15) is 38.2 Å². The van der Waals surface area contributed by atoms with Gasteiger partial charge < -0.3 is 4.74 Å². The third-order valence-corrected chi connectivity index (χ3v) is 4.13. The Morgan fingerprint density at radius 3 is 2.47 bits per heavy atom. The summed E-state index contributed by atoms with van der Waals surface area (Å²) in [7, 11) is 1.67. The van der Waals surface area contributed by atoms with Gasteiger partial charge in [-0.3, -0.25) is 5.32 Å². The first kappa shape index (κ1) is 13.9. The van der Waals surface area contributed by atoms with E-state index in [1.165, 1.54) is 5.56 Å². The van der Waals surface area contributed by atoms with Crippen LogP contribution in [0.5, 0.6) is 5.75 Å². The van der Waals surface area contributed by atoms with E-state index in [9.17, 15) is 5.26 Å². The van der Waals surface area contributed by atoms with Gasteiger partial charge >= 0.3 is 0 Å². The van der Waals surface area contributed by atoms with E-state index in [4.69, 9.17) is 4.74 Å². The van der Waals surface area contributed by atoms with Crippen LogP contribution in [0.4, 0.5) is 0 Å². The van der Waals surface area contributed by atoms with Gasteiger partial charge in [0.25, 0.3) is 0 Å². The Bertz CT molecular complexity index is 439. The van der Waals surface area contributed by atoms with Gasteiger partial charge in [0, 0.05) is 6.54 Å². The second kappa shape index (κ2) is 6.08. The first-order valence-electron chi connectivity index (χ1n) is 6.97. The first-order valence-corrected chi connectivity index (χ1v) is 6.97. The minimum absolute atomic E-state index is 0.327. The van der Waals surface area contributed by atoms with Gasteiger partial charge in [0.05, 0.1) is 13.2 Å². The lowest BCUT2D eigenvalue weighted by Gasteiger charge is -2.34. The fourth-order valence-electron chi connectivity index (χ4n) is 2.60. The van der Waals surface area contributed by atoms with E-state index in [1.807, 2.05) is 24.3 Å². The molecule has 2 rings (SSSR count). The van der Waals surface area contributed by atoms with Gasteiger partial charge in [-0.05, 0) is 49.3 Å². The lowest BCUT2D eigenvalue weighted by atomic mass is 9.78. The average molecular weight is 258 g/mol. The summed E-state index contributed by atoms with van der Waals surface area (Å²) in [5.41, 5.74) is 0.862. The molecule has 0 atom stereocenters. The summed E-state index contributed by atoms with van der Waals surface area (Å²) < 4.78 is 5.14. The van der Waals surface area contributed by atoms with Crippen molar-refractivity contribution >= 4 is 0 Å². The third kappa shape index (κ3) is 3.48. The molecule has 3 heteroatoms. The van der Waals surface area contributed by atoms with Crippen molar-refractivity contribution < 1.29 is 4.74 Å². The Morgan fingerprint density at radius 1 is 1.32 bits per heavy atom. The second-order valence-electron chi connectivity index (χ2n) is 5.58. The van der Waals surface area contributed by atoms with Gasteiger partial charge in [-0.2, -0.15) is 5.26 Å². The standard InChI is InChI=1S/C16H22N2O/c1-13-7-9-16(12-17,10-8-13)18-11-14-3-5-15(19-2)6-4-14/h3-6,13,18H,7-11H2,1-2H3. The number of nitriles is 1. The quantitative estimate of drug-likeness (QED) is 0.901. The minimum Gasteiger partial charge on any atom is -0.497 e. The zero-order valence-electron chi connectivity index (χ0n) is 11.8. The fraction of sp³-hybridized carbons (Fsp3) is 0.562. The number of methoxy groups -OCH3 is 1. The predicted octanol–water partition coefficient (Wildman–Crippen LogP) is 3.26. The lowest BCUT2D eigenvalue weighted by Crippen LogP contribution is -2.46. The zero-order valence-corrected chi connectivity index (χ0v) is 11.8. The number of rotatable bonds is 4. The molecule has 0 heterocycles. The first-order chi connectivity index (χ1) is 9.17. The van der Waals surface area contributed by atoms with E-state index >= 15 is 0 Å². The maximum Gasteiger partial charge on any atom is 0.118 e. The number of nitrogens with one attached hydrogen (secondary N) is 1. The molecule has 3 nitrogen and oxygen atoms in total. The molecule has 1 aliphatic rings. The molecule has 1 aliphatic carbocycles. The molecule has 0 amide bonds. The van der Waals surface area contributed by atoms with Crippen LogP contribution >= 0.6 is 0 Å². The molecule has 0 spiro atoms. The summed E-state index contributed by atoms with van der Waals surface area (Å²) in [4.78, 5) is 0. The van der Waals surface area contributed by atoms with Crippen molar-refractivity contribution in [2.75, 3.05) is 7.11 Å². The second-order valence-corrected chi connectivity index (χ2v) is 5.58. The van der Waals surface area contributed by atoms with Crippen molar-refractivity contribution in [3.63, 3.8) is 0 Å². The van der Waals surface area contributed by atoms with Gasteiger partial charge in [0.1, 0.15) is 11.3 Å². The molecule has 1 N–H and O–H groups in total. The highest BCUT2D eigenvalue weighted by molar-refractivity contribution is 5.27. The number of ether oxygens (including phenoxy) is 1. The van der Waals surface area contributed by atoms with Crippen LogP contribution in [0.25, 0.3) is 0 Å². The molecule has 1 aromatic carbocycles. The third-order valence-electron chi connectivity index (χ3n) is 4.13. The number of hydrogen-bond donors (Lipinski definition) is 1. The van der Waals surface area contributed by atoms with E-state index < -0.39 is 0 Å². The normalized spacial score (nSPS) is 26.7.